The van der Waals surface area contributed by atoms with Crippen molar-refractivity contribution in [3.63, 3.8) is 0 Å². The molecule has 0 radical (unpaired) electrons. The van der Waals surface area contributed by atoms with E-state index in [1.54, 1.807) is 0 Å². The van der Waals surface area contributed by atoms with Gasteiger partial charge in [0.1, 0.15) is 0 Å². The van der Waals surface area contributed by atoms with E-state index in [4.69, 9.17) is 11.5 Å². The average Bonchev–Trinajstić information content (AvgIpc) is 2.20. The third-order valence-corrected chi connectivity index (χ3v) is 3.50. The number of anilines is 2. The Morgan fingerprint density at radius 2 is 1.67 bits per heavy atom. The van der Waals surface area contributed by atoms with E-state index >= 15 is 0 Å². The van der Waals surface area contributed by atoms with Crippen LogP contribution in [0, 0.1) is 13.8 Å². The predicted molar refractivity (Wildman–Crippen MR) is 68.1 cm³/mol. The van der Waals surface area contributed by atoms with E-state index in [-0.39, 0.29) is 5.41 Å². The van der Waals surface area contributed by atoms with Crippen molar-refractivity contribution in [2.24, 2.45) is 0 Å². The maximum Gasteiger partial charge on any atom is 0.0402 e. The van der Waals surface area contributed by atoms with E-state index in [1.807, 2.05) is 13.8 Å². The van der Waals surface area contributed by atoms with Crippen LogP contribution in [0.5, 0.6) is 0 Å². The highest BCUT2D eigenvalue weighted by Gasteiger charge is 2.22. The van der Waals surface area contributed by atoms with Gasteiger partial charge in [0, 0.05) is 11.4 Å². The summed E-state index contributed by atoms with van der Waals surface area (Å²) in [6, 6.07) is 2.13. The fourth-order valence-electron chi connectivity index (χ4n) is 1.77. The highest BCUT2D eigenvalue weighted by molar-refractivity contribution is 5.69. The highest BCUT2D eigenvalue weighted by Crippen LogP contribution is 2.36. The van der Waals surface area contributed by atoms with Crippen LogP contribution in [-0.2, 0) is 5.41 Å². The molecule has 0 saturated heterocycles. The predicted octanol–water partition coefficient (Wildman–Crippen LogP) is 3.16. The Morgan fingerprint density at radius 1 is 1.13 bits per heavy atom. The van der Waals surface area contributed by atoms with Crippen LogP contribution in [0.25, 0.3) is 0 Å². The lowest BCUT2D eigenvalue weighted by Crippen LogP contribution is -2.19. The molecule has 1 rings (SSSR count). The van der Waals surface area contributed by atoms with Crippen LogP contribution in [0.15, 0.2) is 6.07 Å². The summed E-state index contributed by atoms with van der Waals surface area (Å²) in [6.45, 7) is 10.6. The Labute approximate surface area is 92.7 Å². The molecule has 0 amide bonds. The zero-order chi connectivity index (χ0) is 11.8. The lowest BCUT2D eigenvalue weighted by atomic mass is 9.79. The first-order valence-electron chi connectivity index (χ1n) is 5.47. The monoisotopic (exact) mass is 206 g/mol. The highest BCUT2D eigenvalue weighted by atomic mass is 14.6. The third kappa shape index (κ3) is 1.94. The minimum absolute atomic E-state index is 0.118. The molecule has 0 bridgehead atoms. The van der Waals surface area contributed by atoms with Crippen molar-refractivity contribution in [2.75, 3.05) is 11.5 Å². The molecule has 15 heavy (non-hydrogen) atoms. The van der Waals surface area contributed by atoms with Gasteiger partial charge in [0.2, 0.25) is 0 Å². The molecular weight excluding hydrogens is 184 g/mol. The largest absolute Gasteiger partial charge is 0.398 e. The quantitative estimate of drug-likeness (QED) is 0.730. The zero-order valence-corrected chi connectivity index (χ0v) is 10.4. The van der Waals surface area contributed by atoms with Crippen LogP contribution in [0.2, 0.25) is 0 Å². The van der Waals surface area contributed by atoms with Crippen molar-refractivity contribution in [3.8, 4) is 0 Å². The van der Waals surface area contributed by atoms with Crippen LogP contribution in [-0.4, -0.2) is 0 Å². The summed E-state index contributed by atoms with van der Waals surface area (Å²) in [5.74, 6) is 0. The molecule has 0 atom stereocenters. The van der Waals surface area contributed by atoms with Gasteiger partial charge in [0.15, 0.2) is 0 Å². The molecule has 4 N–H and O–H groups in total. The molecule has 0 aromatic heterocycles. The second kappa shape index (κ2) is 3.76. The van der Waals surface area contributed by atoms with Crippen LogP contribution in [0.1, 0.15) is 43.9 Å². The van der Waals surface area contributed by atoms with E-state index in [1.165, 1.54) is 5.56 Å². The zero-order valence-electron chi connectivity index (χ0n) is 10.4. The number of nitrogens with two attached hydrogens (primary N) is 2. The Morgan fingerprint density at radius 3 is 2.13 bits per heavy atom. The van der Waals surface area contributed by atoms with Gasteiger partial charge in [-0.3, -0.25) is 0 Å². The Bertz CT molecular complexity index is 379. The number of rotatable bonds is 2. The first-order chi connectivity index (χ1) is 6.81. The summed E-state index contributed by atoms with van der Waals surface area (Å²) in [6.07, 6.45) is 1.07. The number of hydrogen-bond acceptors (Lipinski definition) is 2. The van der Waals surface area contributed by atoms with Crippen molar-refractivity contribution in [3.05, 3.63) is 22.8 Å². The normalized spacial score (nSPS) is 11.8. The maximum atomic E-state index is 6.13. The number of benzene rings is 1. The van der Waals surface area contributed by atoms with Crippen LogP contribution >= 0.6 is 0 Å². The van der Waals surface area contributed by atoms with Crippen molar-refractivity contribution in [1.29, 1.82) is 0 Å². The molecular formula is C13H22N2. The molecule has 0 aliphatic heterocycles. The van der Waals surface area contributed by atoms with Gasteiger partial charge in [-0.1, -0.05) is 26.8 Å². The van der Waals surface area contributed by atoms with Gasteiger partial charge in [-0.15, -0.1) is 0 Å². The maximum absolute atomic E-state index is 6.13. The number of nitrogen functional groups attached to an aromatic ring is 2. The van der Waals surface area contributed by atoms with Crippen LogP contribution in [0.4, 0.5) is 11.4 Å². The minimum atomic E-state index is 0.118. The summed E-state index contributed by atoms with van der Waals surface area (Å²) in [5, 5.41) is 0. The Kier molecular flexibility index (Phi) is 2.98. The van der Waals surface area contributed by atoms with E-state index in [9.17, 15) is 0 Å². The minimum Gasteiger partial charge on any atom is -0.398 e. The molecule has 2 heteroatoms. The average molecular weight is 206 g/mol. The van der Waals surface area contributed by atoms with Gasteiger partial charge < -0.3 is 11.5 Å². The summed E-state index contributed by atoms with van der Waals surface area (Å²) in [7, 11) is 0. The number of aryl methyl sites for hydroxylation is 1. The van der Waals surface area contributed by atoms with Crippen molar-refractivity contribution < 1.29 is 0 Å². The summed E-state index contributed by atoms with van der Waals surface area (Å²) in [4.78, 5) is 0. The molecule has 1 aromatic carbocycles. The van der Waals surface area contributed by atoms with Crippen LogP contribution < -0.4 is 11.5 Å². The fraction of sp³-hybridized carbons (Fsp3) is 0.538. The van der Waals surface area contributed by atoms with Gasteiger partial charge in [-0.2, -0.15) is 0 Å². The summed E-state index contributed by atoms with van der Waals surface area (Å²) in [5.41, 5.74) is 17.2. The smallest absolute Gasteiger partial charge is 0.0402 e. The lowest BCUT2D eigenvalue weighted by Gasteiger charge is -2.27. The Hall–Kier alpha value is -1.18. The first-order valence-corrected chi connectivity index (χ1v) is 5.47. The number of hydrogen-bond donors (Lipinski definition) is 2. The molecule has 0 heterocycles. The molecule has 1 aromatic rings. The summed E-state index contributed by atoms with van der Waals surface area (Å²) < 4.78 is 0. The summed E-state index contributed by atoms with van der Waals surface area (Å²) >= 11 is 0. The van der Waals surface area contributed by atoms with Crippen molar-refractivity contribution in [2.45, 2.75) is 46.5 Å². The van der Waals surface area contributed by atoms with Gasteiger partial charge in [-0.25, -0.2) is 0 Å². The van der Waals surface area contributed by atoms with Crippen molar-refractivity contribution in [1.82, 2.24) is 0 Å². The van der Waals surface area contributed by atoms with Crippen LogP contribution in [0.3, 0.4) is 0 Å². The first kappa shape index (κ1) is 11.9. The molecule has 0 aliphatic rings. The molecule has 0 saturated carbocycles. The van der Waals surface area contributed by atoms with Gasteiger partial charge in [0.05, 0.1) is 0 Å². The molecule has 0 spiro atoms. The van der Waals surface area contributed by atoms with E-state index in [0.717, 1.165) is 28.9 Å². The molecule has 0 fully saturated rings. The fourth-order valence-corrected chi connectivity index (χ4v) is 1.77. The Balaban J connectivity index is 3.45. The SMILES string of the molecule is CCC(C)(C)c1cc(C)c(N)c(C)c1N. The molecule has 0 unspecified atom stereocenters. The third-order valence-electron chi connectivity index (χ3n) is 3.50. The molecule has 2 nitrogen and oxygen atoms in total. The van der Waals surface area contributed by atoms with Gasteiger partial charge >= 0.3 is 0 Å². The second-order valence-electron chi connectivity index (χ2n) is 4.93. The van der Waals surface area contributed by atoms with Gasteiger partial charge in [0.25, 0.3) is 0 Å². The topological polar surface area (TPSA) is 52.0 Å². The van der Waals surface area contributed by atoms with E-state index < -0.39 is 0 Å². The van der Waals surface area contributed by atoms with E-state index in [0.29, 0.717) is 0 Å². The molecule has 84 valence electrons. The lowest BCUT2D eigenvalue weighted by molar-refractivity contribution is 0.507. The standard InChI is InChI=1S/C13H22N2/c1-6-13(4,5)10-7-8(2)11(14)9(3)12(10)15/h7H,6,14-15H2,1-5H3. The second-order valence-corrected chi connectivity index (χ2v) is 4.93. The van der Waals surface area contributed by atoms with Crippen molar-refractivity contribution >= 4 is 11.4 Å². The van der Waals surface area contributed by atoms with Gasteiger partial charge in [-0.05, 0) is 42.4 Å². The van der Waals surface area contributed by atoms with E-state index in [2.05, 4.69) is 26.8 Å². The molecule has 0 aliphatic carbocycles.